The van der Waals surface area contributed by atoms with E-state index in [4.69, 9.17) is 11.5 Å². The summed E-state index contributed by atoms with van der Waals surface area (Å²) in [6, 6.07) is 4.48. The van der Waals surface area contributed by atoms with Gasteiger partial charge in [-0.05, 0) is 30.9 Å². The van der Waals surface area contributed by atoms with Crippen LogP contribution in [-0.2, 0) is 30.4 Å². The summed E-state index contributed by atoms with van der Waals surface area (Å²) in [6.45, 7) is -0.109. The zero-order valence-electron chi connectivity index (χ0n) is 19.2. The van der Waals surface area contributed by atoms with E-state index >= 15 is 0 Å². The van der Waals surface area contributed by atoms with Gasteiger partial charge in [0.1, 0.15) is 12.1 Å². The van der Waals surface area contributed by atoms with E-state index in [1.54, 1.807) is 6.20 Å². The van der Waals surface area contributed by atoms with Gasteiger partial charge in [-0.25, -0.2) is 4.79 Å². The summed E-state index contributed by atoms with van der Waals surface area (Å²) in [5, 5.41) is 15.3. The largest absolute Gasteiger partial charge is 0.480 e. The monoisotopic (exact) mass is 486 g/mol. The number of nitrogens with two attached hydrogens (primary N) is 2. The molecule has 0 aliphatic carbocycles. The molecule has 2 aromatic rings. The summed E-state index contributed by atoms with van der Waals surface area (Å²) in [7, 11) is 0. The molecule has 1 aromatic carbocycles. The maximum Gasteiger partial charge on any atom is 0.326 e. The van der Waals surface area contributed by atoms with Gasteiger partial charge in [0, 0.05) is 36.5 Å². The molecule has 1 saturated heterocycles. The normalized spacial score (nSPS) is 17.1. The first-order chi connectivity index (χ1) is 16.7. The fourth-order valence-corrected chi connectivity index (χ4v) is 4.19. The number of carbonyl (C=O) groups is 5. The van der Waals surface area contributed by atoms with Crippen LogP contribution in [0.3, 0.4) is 0 Å². The van der Waals surface area contributed by atoms with Crippen LogP contribution in [0.5, 0.6) is 0 Å². The molecule has 188 valence electrons. The van der Waals surface area contributed by atoms with Gasteiger partial charge in [-0.3, -0.25) is 19.2 Å². The second kappa shape index (κ2) is 11.5. The van der Waals surface area contributed by atoms with Gasteiger partial charge in [-0.1, -0.05) is 18.2 Å². The summed E-state index contributed by atoms with van der Waals surface area (Å²) in [6.07, 6.45) is 2.79. The number of carboxylic acids is 1. The van der Waals surface area contributed by atoms with Crippen molar-refractivity contribution >= 4 is 40.5 Å². The molecule has 12 heteroatoms. The lowest BCUT2D eigenvalue weighted by atomic mass is 10.0. The van der Waals surface area contributed by atoms with Gasteiger partial charge in [0.2, 0.25) is 23.6 Å². The number of aliphatic carboxylic acids is 1. The van der Waals surface area contributed by atoms with Gasteiger partial charge in [0.25, 0.3) is 0 Å². The Morgan fingerprint density at radius 3 is 2.66 bits per heavy atom. The Kier molecular flexibility index (Phi) is 8.42. The zero-order chi connectivity index (χ0) is 25.5. The smallest absolute Gasteiger partial charge is 0.326 e. The van der Waals surface area contributed by atoms with Crippen LogP contribution in [0.2, 0.25) is 0 Å². The average Bonchev–Trinajstić information content (AvgIpc) is 3.47. The van der Waals surface area contributed by atoms with Crippen LogP contribution in [0.4, 0.5) is 0 Å². The topological polar surface area (TPSA) is 201 Å². The summed E-state index contributed by atoms with van der Waals surface area (Å²) < 4.78 is 0. The number of nitrogens with zero attached hydrogens (tertiary/aromatic N) is 1. The molecular weight excluding hydrogens is 456 g/mol. The third-order valence-corrected chi connectivity index (χ3v) is 6.01. The highest BCUT2D eigenvalue weighted by Crippen LogP contribution is 2.20. The van der Waals surface area contributed by atoms with E-state index in [0.29, 0.717) is 19.4 Å². The number of benzene rings is 1. The van der Waals surface area contributed by atoms with Crippen molar-refractivity contribution in [3.63, 3.8) is 0 Å². The van der Waals surface area contributed by atoms with Gasteiger partial charge in [0.15, 0.2) is 0 Å². The van der Waals surface area contributed by atoms with Crippen molar-refractivity contribution in [3.8, 4) is 0 Å². The van der Waals surface area contributed by atoms with E-state index in [2.05, 4.69) is 15.6 Å². The molecule has 8 N–H and O–H groups in total. The first-order valence-corrected chi connectivity index (χ1v) is 11.4. The molecule has 3 unspecified atom stereocenters. The van der Waals surface area contributed by atoms with Crippen molar-refractivity contribution in [2.75, 3.05) is 13.1 Å². The van der Waals surface area contributed by atoms with E-state index in [-0.39, 0.29) is 19.3 Å². The molecule has 0 bridgehead atoms. The molecule has 2 heterocycles. The number of hydrogen-bond donors (Lipinski definition) is 6. The first-order valence-electron chi connectivity index (χ1n) is 11.4. The van der Waals surface area contributed by atoms with Crippen LogP contribution in [0, 0.1) is 0 Å². The molecule has 12 nitrogen and oxygen atoms in total. The van der Waals surface area contributed by atoms with Crippen molar-refractivity contribution in [2.45, 2.75) is 50.2 Å². The Balaban J connectivity index is 1.53. The molecule has 1 aliphatic rings. The zero-order valence-corrected chi connectivity index (χ0v) is 19.2. The molecule has 35 heavy (non-hydrogen) atoms. The van der Waals surface area contributed by atoms with Crippen molar-refractivity contribution in [2.24, 2.45) is 11.5 Å². The molecule has 1 fully saturated rings. The highest BCUT2D eigenvalue weighted by Gasteiger charge is 2.36. The average molecular weight is 487 g/mol. The number of rotatable bonds is 11. The maximum absolute atomic E-state index is 12.7. The number of fused-ring (bicyclic) bond motifs is 1. The summed E-state index contributed by atoms with van der Waals surface area (Å²) in [4.78, 5) is 64.7. The maximum atomic E-state index is 12.7. The second-order valence-electron chi connectivity index (χ2n) is 8.54. The van der Waals surface area contributed by atoms with Crippen LogP contribution in [0.25, 0.3) is 10.9 Å². The van der Waals surface area contributed by atoms with Gasteiger partial charge in [-0.2, -0.15) is 0 Å². The Hall–Kier alpha value is -3.93. The Bertz CT molecular complexity index is 1110. The number of carboxylic acid groups (broad SMARTS) is 1. The number of nitrogens with one attached hydrogen (secondary N) is 3. The highest BCUT2D eigenvalue weighted by molar-refractivity contribution is 5.93. The van der Waals surface area contributed by atoms with Crippen LogP contribution in [0.1, 0.15) is 31.2 Å². The first kappa shape index (κ1) is 25.7. The minimum absolute atomic E-state index is 0.0406. The molecule has 1 aromatic heterocycles. The number of amides is 4. The number of hydrogen-bond acceptors (Lipinski definition) is 6. The fourth-order valence-electron chi connectivity index (χ4n) is 4.19. The van der Waals surface area contributed by atoms with E-state index in [1.807, 2.05) is 24.3 Å². The molecule has 0 spiro atoms. The molecule has 0 saturated carbocycles. The molecule has 3 atom stereocenters. The van der Waals surface area contributed by atoms with E-state index in [1.165, 1.54) is 4.90 Å². The number of carbonyl (C=O) groups excluding carboxylic acids is 4. The number of H-pyrrole nitrogens is 1. The lowest BCUT2D eigenvalue weighted by Crippen LogP contribution is -2.53. The number of aromatic amines is 1. The molecule has 0 radical (unpaired) electrons. The van der Waals surface area contributed by atoms with Gasteiger partial charge < -0.3 is 37.1 Å². The second-order valence-corrected chi connectivity index (χ2v) is 8.54. The van der Waals surface area contributed by atoms with Crippen LogP contribution in [0.15, 0.2) is 30.5 Å². The lowest BCUT2D eigenvalue weighted by Gasteiger charge is -2.26. The molecular formula is C23H30N6O6. The minimum atomic E-state index is -1.20. The predicted octanol–water partition coefficient (Wildman–Crippen LogP) is -1.02. The number of para-hydroxylation sites is 1. The SMILES string of the molecule is NC(=O)CCC(N)C(=O)N1CCCC1C(=O)NCC(=O)NC(Cc1c[nH]c2ccccc12)C(=O)O. The molecule has 4 amide bonds. The number of likely N-dealkylation sites (tertiary alicyclic amines) is 1. The minimum Gasteiger partial charge on any atom is -0.480 e. The lowest BCUT2D eigenvalue weighted by molar-refractivity contribution is -0.142. The quantitative estimate of drug-likeness (QED) is 0.233. The summed E-state index contributed by atoms with van der Waals surface area (Å²) in [5.74, 6) is -3.43. The van der Waals surface area contributed by atoms with E-state index < -0.39 is 54.3 Å². The van der Waals surface area contributed by atoms with Gasteiger partial charge in [0.05, 0.1) is 12.6 Å². The summed E-state index contributed by atoms with van der Waals surface area (Å²) in [5.41, 5.74) is 12.5. The van der Waals surface area contributed by atoms with Crippen molar-refractivity contribution in [1.29, 1.82) is 0 Å². The van der Waals surface area contributed by atoms with E-state index in [0.717, 1.165) is 16.5 Å². The van der Waals surface area contributed by atoms with Gasteiger partial charge in [-0.15, -0.1) is 0 Å². The van der Waals surface area contributed by atoms with Crippen LogP contribution >= 0.6 is 0 Å². The molecule has 1 aliphatic heterocycles. The summed E-state index contributed by atoms with van der Waals surface area (Å²) >= 11 is 0. The third-order valence-electron chi connectivity index (χ3n) is 6.01. The van der Waals surface area contributed by atoms with Crippen molar-refractivity contribution in [1.82, 2.24) is 20.5 Å². The van der Waals surface area contributed by atoms with Crippen LogP contribution < -0.4 is 22.1 Å². The predicted molar refractivity (Wildman–Crippen MR) is 126 cm³/mol. The fraction of sp³-hybridized carbons (Fsp3) is 0.435. The standard InChI is InChI=1S/C23H30N6O6/c24-15(7-8-19(25)30)22(33)29-9-3-6-18(29)21(32)27-12-20(31)28-17(23(34)35)10-13-11-26-16-5-2-1-4-14(13)16/h1-2,4-5,11,15,17-18,26H,3,6-10,12,24H2,(H2,25,30)(H,27,32)(H,28,31)(H,34,35). The van der Waals surface area contributed by atoms with E-state index in [9.17, 15) is 29.1 Å². The Morgan fingerprint density at radius 1 is 1.20 bits per heavy atom. The van der Waals surface area contributed by atoms with Gasteiger partial charge >= 0.3 is 5.97 Å². The van der Waals surface area contributed by atoms with Crippen molar-refractivity contribution < 1.29 is 29.1 Å². The number of aromatic nitrogens is 1. The van der Waals surface area contributed by atoms with Crippen molar-refractivity contribution in [3.05, 3.63) is 36.0 Å². The number of primary amides is 1. The highest BCUT2D eigenvalue weighted by atomic mass is 16.4. The van der Waals surface area contributed by atoms with Crippen LogP contribution in [-0.4, -0.2) is 75.8 Å². The Labute approximate surface area is 201 Å². The Morgan fingerprint density at radius 2 is 1.94 bits per heavy atom. The molecule has 3 rings (SSSR count). The third kappa shape index (κ3) is 6.57.